The van der Waals surface area contributed by atoms with Gasteiger partial charge in [0.1, 0.15) is 0 Å². The molecule has 76 valence electrons. The van der Waals surface area contributed by atoms with E-state index >= 15 is 0 Å². The molecule has 2 heterocycles. The number of aromatic nitrogens is 2. The first-order valence-corrected chi connectivity index (χ1v) is 7.01. The van der Waals surface area contributed by atoms with E-state index in [2.05, 4.69) is 51.4 Å². The SMILES string of the molecule is c1ccc2c(c1)[nH]c1ccc3[se]cnc3c12. The molecule has 0 saturated carbocycles. The van der Waals surface area contributed by atoms with Crippen molar-refractivity contribution in [2.45, 2.75) is 0 Å². The average Bonchev–Trinajstić information content (AvgIpc) is 2.91. The second-order valence-electron chi connectivity index (χ2n) is 3.86. The number of nitrogens with one attached hydrogen (secondary N) is 1. The van der Waals surface area contributed by atoms with Gasteiger partial charge in [-0.25, -0.2) is 0 Å². The number of nitrogens with zero attached hydrogens (tertiary/aromatic N) is 1. The molecule has 0 fully saturated rings. The van der Waals surface area contributed by atoms with Crippen molar-refractivity contribution in [2.24, 2.45) is 0 Å². The molecule has 2 aromatic heterocycles. The number of fused-ring (bicyclic) bond motifs is 5. The van der Waals surface area contributed by atoms with Gasteiger partial charge in [0.05, 0.1) is 0 Å². The molecule has 2 nitrogen and oxygen atoms in total. The molecule has 4 aromatic rings. The summed E-state index contributed by atoms with van der Waals surface area (Å²) in [6.45, 7) is 0. The molecular weight excluding hydrogens is 263 g/mol. The molecule has 0 saturated heterocycles. The number of hydrogen-bond donors (Lipinski definition) is 1. The third-order valence-corrected chi connectivity index (χ3v) is 4.63. The van der Waals surface area contributed by atoms with Gasteiger partial charge < -0.3 is 0 Å². The van der Waals surface area contributed by atoms with Crippen molar-refractivity contribution in [1.29, 1.82) is 0 Å². The van der Waals surface area contributed by atoms with E-state index in [0.717, 1.165) is 0 Å². The van der Waals surface area contributed by atoms with Crippen LogP contribution in [0.2, 0.25) is 0 Å². The molecule has 2 aromatic carbocycles. The van der Waals surface area contributed by atoms with Crippen LogP contribution in [-0.4, -0.2) is 24.5 Å². The second-order valence-corrected chi connectivity index (χ2v) is 5.72. The quantitative estimate of drug-likeness (QED) is 0.489. The van der Waals surface area contributed by atoms with Crippen LogP contribution in [0.1, 0.15) is 0 Å². The molecule has 0 aliphatic carbocycles. The molecule has 0 spiro atoms. The van der Waals surface area contributed by atoms with E-state index in [9.17, 15) is 0 Å². The zero-order valence-electron chi connectivity index (χ0n) is 8.40. The monoisotopic (exact) mass is 272 g/mol. The van der Waals surface area contributed by atoms with Gasteiger partial charge in [-0.1, -0.05) is 0 Å². The Bertz CT molecular complexity index is 810. The van der Waals surface area contributed by atoms with E-state index in [4.69, 9.17) is 0 Å². The Morgan fingerprint density at radius 1 is 1.00 bits per heavy atom. The van der Waals surface area contributed by atoms with Gasteiger partial charge in [0.25, 0.3) is 0 Å². The minimum atomic E-state index is 0.419. The molecule has 0 bridgehead atoms. The first-order valence-electron chi connectivity index (χ1n) is 5.16. The summed E-state index contributed by atoms with van der Waals surface area (Å²) in [4.78, 5) is 7.97. The zero-order chi connectivity index (χ0) is 10.5. The van der Waals surface area contributed by atoms with Gasteiger partial charge in [0.15, 0.2) is 0 Å². The number of para-hydroxylation sites is 1. The van der Waals surface area contributed by atoms with Crippen molar-refractivity contribution < 1.29 is 0 Å². The van der Waals surface area contributed by atoms with E-state index in [1.54, 1.807) is 0 Å². The Labute approximate surface area is 97.7 Å². The predicted molar refractivity (Wildman–Crippen MR) is 68.0 cm³/mol. The Morgan fingerprint density at radius 2 is 1.94 bits per heavy atom. The van der Waals surface area contributed by atoms with Crippen molar-refractivity contribution >= 4 is 46.1 Å². The summed E-state index contributed by atoms with van der Waals surface area (Å²) in [5, 5.41) is 4.62. The molecule has 0 unspecified atom stereocenters. The molecule has 0 radical (unpaired) electrons. The summed E-state index contributed by atoms with van der Waals surface area (Å²) in [5.41, 5.74) is 3.56. The molecule has 16 heavy (non-hydrogen) atoms. The van der Waals surface area contributed by atoms with Gasteiger partial charge >= 0.3 is 97.5 Å². The van der Waals surface area contributed by atoms with Crippen LogP contribution in [0.3, 0.4) is 0 Å². The number of benzene rings is 2. The van der Waals surface area contributed by atoms with Crippen molar-refractivity contribution in [3.63, 3.8) is 0 Å². The fourth-order valence-electron chi connectivity index (χ4n) is 2.26. The maximum atomic E-state index is 4.53. The summed E-state index contributed by atoms with van der Waals surface area (Å²) in [7, 11) is 0. The van der Waals surface area contributed by atoms with Crippen molar-refractivity contribution in [1.82, 2.24) is 9.97 Å². The molecule has 4 rings (SSSR count). The first-order chi connectivity index (χ1) is 7.93. The van der Waals surface area contributed by atoms with E-state index in [1.165, 1.54) is 31.6 Å². The fourth-order valence-corrected chi connectivity index (χ4v) is 3.70. The van der Waals surface area contributed by atoms with E-state index in [-0.39, 0.29) is 0 Å². The number of aromatic amines is 1. The van der Waals surface area contributed by atoms with Crippen LogP contribution in [0.25, 0.3) is 31.6 Å². The molecule has 3 heteroatoms. The first kappa shape index (κ1) is 8.57. The fraction of sp³-hybridized carbons (Fsp3) is 0. The Kier molecular flexibility index (Phi) is 1.59. The van der Waals surface area contributed by atoms with E-state index in [1.807, 2.05) is 0 Å². The van der Waals surface area contributed by atoms with Crippen LogP contribution in [0.15, 0.2) is 41.5 Å². The molecule has 0 amide bonds. The maximum absolute atomic E-state index is 4.53. The van der Waals surface area contributed by atoms with E-state index in [0.29, 0.717) is 14.5 Å². The zero-order valence-corrected chi connectivity index (χ0v) is 10.1. The third-order valence-electron chi connectivity index (χ3n) is 2.97. The predicted octanol–water partition coefficient (Wildman–Crippen LogP) is 2.93. The van der Waals surface area contributed by atoms with Gasteiger partial charge in [0, 0.05) is 0 Å². The van der Waals surface area contributed by atoms with Crippen LogP contribution in [-0.2, 0) is 0 Å². The molecule has 0 aliphatic rings. The summed E-state index contributed by atoms with van der Waals surface area (Å²) in [6, 6.07) is 12.8. The van der Waals surface area contributed by atoms with Crippen molar-refractivity contribution in [3.05, 3.63) is 41.5 Å². The van der Waals surface area contributed by atoms with Crippen LogP contribution in [0.4, 0.5) is 0 Å². The minimum absolute atomic E-state index is 0.419. The van der Waals surface area contributed by atoms with Crippen molar-refractivity contribution in [3.8, 4) is 0 Å². The summed E-state index contributed by atoms with van der Waals surface area (Å²) in [6.07, 6.45) is 0. The second kappa shape index (κ2) is 2.97. The Balaban J connectivity index is 2.42. The van der Waals surface area contributed by atoms with Gasteiger partial charge in [-0.2, -0.15) is 0 Å². The van der Waals surface area contributed by atoms with Gasteiger partial charge in [-0.15, -0.1) is 0 Å². The normalized spacial score (nSPS) is 11.8. The molecule has 1 N–H and O–H groups in total. The van der Waals surface area contributed by atoms with Crippen LogP contribution in [0.5, 0.6) is 0 Å². The van der Waals surface area contributed by atoms with Crippen molar-refractivity contribution in [2.75, 3.05) is 0 Å². The molecule has 0 aliphatic heterocycles. The van der Waals surface area contributed by atoms with Gasteiger partial charge in [-0.3, -0.25) is 0 Å². The van der Waals surface area contributed by atoms with Gasteiger partial charge in [0.2, 0.25) is 0 Å². The van der Waals surface area contributed by atoms with Crippen LogP contribution >= 0.6 is 0 Å². The Morgan fingerprint density at radius 3 is 2.94 bits per heavy atom. The number of H-pyrrole nitrogens is 1. The topological polar surface area (TPSA) is 28.7 Å². The standard InChI is InChI=1S/C13H8N2Se/c1-2-4-9-8(3-1)12-10(15-9)5-6-11-13(12)14-7-16-11/h1-7,15H. The number of rotatable bonds is 0. The Hall–Kier alpha value is -1.57. The summed E-state index contributed by atoms with van der Waals surface area (Å²) >= 11 is 0.419. The van der Waals surface area contributed by atoms with E-state index < -0.39 is 0 Å². The molecular formula is C13H8N2Se. The van der Waals surface area contributed by atoms with Crippen LogP contribution in [0, 0.1) is 0 Å². The third kappa shape index (κ3) is 0.993. The molecule has 0 atom stereocenters. The van der Waals surface area contributed by atoms with Crippen LogP contribution < -0.4 is 0 Å². The summed E-state index contributed by atoms with van der Waals surface area (Å²) < 4.78 is 1.39. The summed E-state index contributed by atoms with van der Waals surface area (Å²) in [5.74, 6) is 0. The van der Waals surface area contributed by atoms with Gasteiger partial charge in [-0.05, 0) is 0 Å². The average molecular weight is 271 g/mol. The number of hydrogen-bond acceptors (Lipinski definition) is 1.